The minimum atomic E-state index is 0.779. The number of benzene rings is 2. The van der Waals surface area contributed by atoms with E-state index in [-0.39, 0.29) is 0 Å². The van der Waals surface area contributed by atoms with Crippen LogP contribution in [0.25, 0.3) is 11.0 Å². The molecule has 2 aromatic carbocycles. The van der Waals surface area contributed by atoms with E-state index < -0.39 is 0 Å². The molecule has 0 fully saturated rings. The summed E-state index contributed by atoms with van der Waals surface area (Å²) in [7, 11) is 1.65. The summed E-state index contributed by atoms with van der Waals surface area (Å²) >= 11 is 3.45. The topological polar surface area (TPSA) is 39.4 Å². The number of para-hydroxylation sites is 2. The van der Waals surface area contributed by atoms with E-state index in [4.69, 9.17) is 4.74 Å². The third-order valence-electron chi connectivity index (χ3n) is 2.95. The lowest BCUT2D eigenvalue weighted by Crippen LogP contribution is -1.93. The van der Waals surface area contributed by atoms with Gasteiger partial charge in [-0.25, -0.2) is 9.66 Å². The van der Waals surface area contributed by atoms with E-state index in [9.17, 15) is 0 Å². The maximum absolute atomic E-state index is 5.32. The molecule has 0 N–H and O–H groups in total. The fourth-order valence-corrected chi connectivity index (χ4v) is 2.35. The number of aromatic nitrogens is 2. The van der Waals surface area contributed by atoms with Crippen molar-refractivity contribution in [2.24, 2.45) is 5.10 Å². The van der Waals surface area contributed by atoms with Crippen molar-refractivity contribution in [3.63, 3.8) is 0 Å². The summed E-state index contributed by atoms with van der Waals surface area (Å²) in [5, 5.41) is 4.44. The number of ether oxygens (including phenoxy) is 1. The van der Waals surface area contributed by atoms with Gasteiger partial charge in [-0.2, -0.15) is 5.10 Å². The van der Waals surface area contributed by atoms with Crippen LogP contribution in [0.15, 0.2) is 58.4 Å². The van der Waals surface area contributed by atoms with Gasteiger partial charge in [0.05, 0.1) is 24.4 Å². The van der Waals surface area contributed by atoms with Crippen LogP contribution in [-0.4, -0.2) is 23.0 Å². The molecule has 1 heterocycles. The van der Waals surface area contributed by atoms with Crippen LogP contribution in [0.1, 0.15) is 5.56 Å². The van der Waals surface area contributed by atoms with Gasteiger partial charge in [-0.3, -0.25) is 0 Å². The molecule has 0 radical (unpaired) electrons. The first-order valence-corrected chi connectivity index (χ1v) is 6.87. The number of halogens is 1. The van der Waals surface area contributed by atoms with Crippen LogP contribution in [0.4, 0.5) is 0 Å². The normalized spacial score (nSPS) is 11.3. The van der Waals surface area contributed by atoms with Crippen molar-refractivity contribution in [2.75, 3.05) is 7.11 Å². The maximum atomic E-state index is 5.32. The number of imidazole rings is 1. The highest BCUT2D eigenvalue weighted by Gasteiger charge is 2.02. The molecule has 0 unspecified atom stereocenters. The monoisotopic (exact) mass is 329 g/mol. The lowest BCUT2D eigenvalue weighted by molar-refractivity contribution is 0.414. The highest BCUT2D eigenvalue weighted by Crippen LogP contribution is 2.21. The van der Waals surface area contributed by atoms with Crippen molar-refractivity contribution in [3.05, 3.63) is 58.8 Å². The smallest absolute Gasteiger partial charge is 0.127 e. The molecule has 0 bridgehead atoms. The minimum Gasteiger partial charge on any atom is -0.496 e. The van der Waals surface area contributed by atoms with Gasteiger partial charge in [-0.15, -0.1) is 0 Å². The van der Waals surface area contributed by atoms with Crippen LogP contribution < -0.4 is 4.74 Å². The summed E-state index contributed by atoms with van der Waals surface area (Å²) in [6.45, 7) is 0. The highest BCUT2D eigenvalue weighted by atomic mass is 79.9. The van der Waals surface area contributed by atoms with Crippen molar-refractivity contribution >= 4 is 33.2 Å². The molecule has 3 aromatic rings. The van der Waals surface area contributed by atoms with Crippen LogP contribution in [0.3, 0.4) is 0 Å². The maximum Gasteiger partial charge on any atom is 0.127 e. The third kappa shape index (κ3) is 2.44. The fraction of sp³-hybridized carbons (Fsp3) is 0.0667. The molecule has 0 aliphatic heterocycles. The van der Waals surface area contributed by atoms with Crippen LogP contribution in [-0.2, 0) is 0 Å². The summed E-state index contributed by atoms with van der Waals surface area (Å²) in [4.78, 5) is 4.30. The molecule has 0 amide bonds. The van der Waals surface area contributed by atoms with E-state index in [0.717, 1.165) is 26.8 Å². The van der Waals surface area contributed by atoms with E-state index in [2.05, 4.69) is 26.0 Å². The highest BCUT2D eigenvalue weighted by molar-refractivity contribution is 9.10. The Labute approximate surface area is 124 Å². The van der Waals surface area contributed by atoms with Gasteiger partial charge in [0.1, 0.15) is 12.1 Å². The zero-order chi connectivity index (χ0) is 13.9. The quantitative estimate of drug-likeness (QED) is 0.687. The van der Waals surface area contributed by atoms with Crippen molar-refractivity contribution in [2.45, 2.75) is 0 Å². The first-order chi connectivity index (χ1) is 9.78. The molecular weight excluding hydrogens is 318 g/mol. The Morgan fingerprint density at radius 2 is 2.10 bits per heavy atom. The van der Waals surface area contributed by atoms with Gasteiger partial charge in [0, 0.05) is 10.0 Å². The summed E-state index contributed by atoms with van der Waals surface area (Å²) < 4.78 is 8.05. The lowest BCUT2D eigenvalue weighted by atomic mass is 10.2. The van der Waals surface area contributed by atoms with Crippen LogP contribution in [0, 0.1) is 0 Å². The molecule has 4 nitrogen and oxygen atoms in total. The van der Waals surface area contributed by atoms with Crippen molar-refractivity contribution in [1.82, 2.24) is 9.66 Å². The molecule has 0 saturated carbocycles. The van der Waals surface area contributed by atoms with E-state index in [0.29, 0.717) is 0 Å². The zero-order valence-electron chi connectivity index (χ0n) is 10.8. The van der Waals surface area contributed by atoms with Crippen molar-refractivity contribution < 1.29 is 4.74 Å². The number of rotatable bonds is 3. The second-order valence-corrected chi connectivity index (χ2v) is 5.12. The largest absolute Gasteiger partial charge is 0.496 e. The van der Waals surface area contributed by atoms with Gasteiger partial charge in [0.15, 0.2) is 0 Å². The molecule has 0 spiro atoms. The molecule has 0 atom stereocenters. The van der Waals surface area contributed by atoms with Gasteiger partial charge in [0.2, 0.25) is 0 Å². The van der Waals surface area contributed by atoms with Gasteiger partial charge >= 0.3 is 0 Å². The molecule has 0 aliphatic rings. The van der Waals surface area contributed by atoms with E-state index in [1.807, 2.05) is 42.5 Å². The van der Waals surface area contributed by atoms with E-state index in [1.54, 1.807) is 24.3 Å². The van der Waals surface area contributed by atoms with Gasteiger partial charge < -0.3 is 4.74 Å². The zero-order valence-corrected chi connectivity index (χ0v) is 12.4. The van der Waals surface area contributed by atoms with Crippen molar-refractivity contribution in [3.8, 4) is 5.75 Å². The van der Waals surface area contributed by atoms with Crippen LogP contribution >= 0.6 is 15.9 Å². The molecule has 0 aliphatic carbocycles. The molecule has 3 rings (SSSR count). The number of hydrogen-bond donors (Lipinski definition) is 0. The molecule has 20 heavy (non-hydrogen) atoms. The number of fused-ring (bicyclic) bond motifs is 1. The summed E-state index contributed by atoms with van der Waals surface area (Å²) in [6.07, 6.45) is 3.46. The second-order valence-electron chi connectivity index (χ2n) is 4.21. The van der Waals surface area contributed by atoms with E-state index >= 15 is 0 Å². The summed E-state index contributed by atoms with van der Waals surface area (Å²) in [5.74, 6) is 0.779. The molecule has 1 aromatic heterocycles. The number of hydrogen-bond acceptors (Lipinski definition) is 3. The standard InChI is InChI=1S/C15H12BrN3O/c1-20-15-7-6-12(16)8-11(15)9-18-19-10-17-13-4-2-3-5-14(13)19/h2-10H,1H3/b18-9-. The van der Waals surface area contributed by atoms with Gasteiger partial charge in [-0.05, 0) is 30.3 Å². The average Bonchev–Trinajstić information content (AvgIpc) is 2.88. The first kappa shape index (κ1) is 12.9. The van der Waals surface area contributed by atoms with Crippen molar-refractivity contribution in [1.29, 1.82) is 0 Å². The first-order valence-electron chi connectivity index (χ1n) is 6.08. The van der Waals surface area contributed by atoms with E-state index in [1.165, 1.54) is 0 Å². The van der Waals surface area contributed by atoms with Crippen LogP contribution in [0.2, 0.25) is 0 Å². The summed E-state index contributed by atoms with van der Waals surface area (Å²) in [6, 6.07) is 13.7. The molecule has 0 saturated heterocycles. The molecule has 100 valence electrons. The Hall–Kier alpha value is -2.14. The molecular formula is C15H12BrN3O. The minimum absolute atomic E-state index is 0.779. The Morgan fingerprint density at radius 3 is 2.95 bits per heavy atom. The fourth-order valence-electron chi connectivity index (χ4n) is 1.97. The average molecular weight is 330 g/mol. The second kappa shape index (κ2) is 5.46. The number of methoxy groups -OCH3 is 1. The third-order valence-corrected chi connectivity index (χ3v) is 3.44. The predicted octanol–water partition coefficient (Wildman–Crippen LogP) is 3.69. The SMILES string of the molecule is COc1ccc(Br)cc1/C=N\n1cnc2ccccc21. The predicted molar refractivity (Wildman–Crippen MR) is 83.4 cm³/mol. The Morgan fingerprint density at radius 1 is 1.25 bits per heavy atom. The van der Waals surface area contributed by atoms with Gasteiger partial charge in [-0.1, -0.05) is 28.1 Å². The molecule has 5 heteroatoms. The Bertz CT molecular complexity index is 780. The van der Waals surface area contributed by atoms with Crippen LogP contribution in [0.5, 0.6) is 5.75 Å². The Balaban J connectivity index is 2.00. The Kier molecular flexibility index (Phi) is 3.52. The summed E-state index contributed by atoms with van der Waals surface area (Å²) in [5.41, 5.74) is 2.79. The number of nitrogens with zero attached hydrogens (tertiary/aromatic N) is 3. The lowest BCUT2D eigenvalue weighted by Gasteiger charge is -2.04. The van der Waals surface area contributed by atoms with Gasteiger partial charge in [0.25, 0.3) is 0 Å².